The van der Waals surface area contributed by atoms with Crippen molar-refractivity contribution in [3.63, 3.8) is 0 Å². The maximum absolute atomic E-state index is 4.29. The highest BCUT2D eigenvalue weighted by molar-refractivity contribution is 8.00. The van der Waals surface area contributed by atoms with Crippen LogP contribution < -0.4 is 0 Å². The fourth-order valence-corrected chi connectivity index (χ4v) is 3.49. The van der Waals surface area contributed by atoms with Crippen LogP contribution in [0.15, 0.2) is 40.8 Å². The van der Waals surface area contributed by atoms with Crippen LogP contribution >= 0.6 is 23.5 Å². The van der Waals surface area contributed by atoms with Crippen LogP contribution in [0.4, 0.5) is 0 Å². The van der Waals surface area contributed by atoms with Crippen molar-refractivity contribution >= 4 is 23.5 Å². The molecule has 0 radical (unpaired) electrons. The fraction of sp³-hybridized carbons (Fsp3) is 0.357. The molecule has 100 valence electrons. The minimum absolute atomic E-state index is 0.864. The molecule has 2 heterocycles. The van der Waals surface area contributed by atoms with Crippen molar-refractivity contribution < 1.29 is 0 Å². The summed E-state index contributed by atoms with van der Waals surface area (Å²) in [6, 6.07) is 3.94. The highest BCUT2D eigenvalue weighted by atomic mass is 32.2. The molecule has 0 fully saturated rings. The zero-order valence-electron chi connectivity index (χ0n) is 11.2. The van der Waals surface area contributed by atoms with E-state index in [2.05, 4.69) is 34.9 Å². The molecular formula is C14H17N3S2. The first-order valence-corrected chi connectivity index (χ1v) is 8.19. The molecule has 0 saturated heterocycles. The first-order chi connectivity index (χ1) is 9.27. The van der Waals surface area contributed by atoms with E-state index < -0.39 is 0 Å². The quantitative estimate of drug-likeness (QED) is 0.460. The molecule has 0 aromatic carbocycles. The van der Waals surface area contributed by atoms with Crippen LogP contribution in [0.2, 0.25) is 0 Å². The molecule has 0 N–H and O–H groups in total. The first-order valence-electron chi connectivity index (χ1n) is 6.22. The molecule has 2 rings (SSSR count). The van der Waals surface area contributed by atoms with Crippen molar-refractivity contribution in [2.45, 2.75) is 30.3 Å². The molecule has 0 bridgehead atoms. The van der Waals surface area contributed by atoms with Crippen LogP contribution in [0.1, 0.15) is 17.7 Å². The molecule has 0 aliphatic carbocycles. The highest BCUT2D eigenvalue weighted by Gasteiger charge is 2.02. The second-order valence-corrected chi connectivity index (χ2v) is 6.30. The predicted octanol–water partition coefficient (Wildman–Crippen LogP) is 3.76. The monoisotopic (exact) mass is 291 g/mol. The molecule has 2 aromatic heterocycles. The van der Waals surface area contributed by atoms with Gasteiger partial charge in [0.05, 0.1) is 0 Å². The summed E-state index contributed by atoms with van der Waals surface area (Å²) in [6.45, 7) is 4.19. The molecule has 0 atom stereocenters. The Morgan fingerprint density at radius 1 is 0.947 bits per heavy atom. The van der Waals surface area contributed by atoms with E-state index in [0.29, 0.717) is 0 Å². The average Bonchev–Trinajstić information content (AvgIpc) is 2.44. The minimum Gasteiger partial charge on any atom is -0.261 e. The molecule has 0 aliphatic rings. The molecule has 2 aromatic rings. The molecule has 0 amide bonds. The normalized spacial score (nSPS) is 10.6. The van der Waals surface area contributed by atoms with Crippen LogP contribution in [-0.2, 0) is 0 Å². The van der Waals surface area contributed by atoms with Crippen LogP contribution in [-0.4, -0.2) is 26.5 Å². The summed E-state index contributed by atoms with van der Waals surface area (Å²) in [7, 11) is 0. The molecule has 5 heteroatoms. The van der Waals surface area contributed by atoms with Gasteiger partial charge in [0.15, 0.2) is 5.16 Å². The third kappa shape index (κ3) is 4.51. The van der Waals surface area contributed by atoms with Gasteiger partial charge in [0.1, 0.15) is 0 Å². The third-order valence-corrected chi connectivity index (χ3v) is 4.93. The molecule has 19 heavy (non-hydrogen) atoms. The first kappa shape index (κ1) is 14.3. The Balaban J connectivity index is 1.71. The van der Waals surface area contributed by atoms with Crippen molar-refractivity contribution in [2.24, 2.45) is 0 Å². The fourth-order valence-electron chi connectivity index (χ4n) is 1.54. The van der Waals surface area contributed by atoms with E-state index in [9.17, 15) is 0 Å². The summed E-state index contributed by atoms with van der Waals surface area (Å²) >= 11 is 3.62. The molecule has 0 aliphatic heterocycles. The molecule has 3 nitrogen and oxygen atoms in total. The van der Waals surface area contributed by atoms with Crippen molar-refractivity contribution in [1.82, 2.24) is 15.0 Å². The summed E-state index contributed by atoms with van der Waals surface area (Å²) in [5.74, 6) is 2.17. The number of thioether (sulfide) groups is 2. The van der Waals surface area contributed by atoms with Crippen LogP contribution in [0, 0.1) is 13.8 Å². The van der Waals surface area contributed by atoms with Gasteiger partial charge in [-0.1, -0.05) is 11.8 Å². The Labute approximate surface area is 122 Å². The number of nitrogens with zero attached hydrogens (tertiary/aromatic N) is 3. The van der Waals surface area contributed by atoms with E-state index in [1.807, 2.05) is 24.0 Å². The van der Waals surface area contributed by atoms with Gasteiger partial charge in [-0.05, 0) is 43.7 Å². The maximum atomic E-state index is 4.29. The van der Waals surface area contributed by atoms with Gasteiger partial charge in [-0.25, -0.2) is 9.97 Å². The zero-order chi connectivity index (χ0) is 13.5. The summed E-state index contributed by atoms with van der Waals surface area (Å²) in [5, 5.41) is 0.864. The van der Waals surface area contributed by atoms with Crippen molar-refractivity contribution in [3.05, 3.63) is 42.0 Å². The lowest BCUT2D eigenvalue weighted by Gasteiger charge is -2.06. The molecular weight excluding hydrogens is 274 g/mol. The van der Waals surface area contributed by atoms with Crippen LogP contribution in [0.3, 0.4) is 0 Å². The Kier molecular flexibility index (Phi) is 5.66. The van der Waals surface area contributed by atoms with Gasteiger partial charge in [-0.15, -0.1) is 11.8 Å². The third-order valence-electron chi connectivity index (χ3n) is 2.73. The highest BCUT2D eigenvalue weighted by Crippen LogP contribution is 2.24. The van der Waals surface area contributed by atoms with Crippen LogP contribution in [0.25, 0.3) is 0 Å². The lowest BCUT2D eigenvalue weighted by Crippen LogP contribution is -1.91. The number of pyridine rings is 1. The van der Waals surface area contributed by atoms with Gasteiger partial charge in [-0.2, -0.15) is 0 Å². The minimum atomic E-state index is 0.864. The van der Waals surface area contributed by atoms with Gasteiger partial charge in [-0.3, -0.25) is 4.98 Å². The SMILES string of the molecule is Cc1nccc(SCCCSc2ncccn2)c1C. The number of aryl methyl sites for hydroxylation is 1. The zero-order valence-corrected chi connectivity index (χ0v) is 12.8. The van der Waals surface area contributed by atoms with E-state index in [-0.39, 0.29) is 0 Å². The van der Waals surface area contributed by atoms with E-state index in [4.69, 9.17) is 0 Å². The van der Waals surface area contributed by atoms with E-state index in [1.54, 1.807) is 24.2 Å². The number of hydrogen-bond donors (Lipinski definition) is 0. The van der Waals surface area contributed by atoms with Crippen molar-refractivity contribution in [1.29, 1.82) is 0 Å². The van der Waals surface area contributed by atoms with E-state index in [0.717, 1.165) is 28.8 Å². The lowest BCUT2D eigenvalue weighted by molar-refractivity contribution is 0.962. The summed E-state index contributed by atoms with van der Waals surface area (Å²) in [5.41, 5.74) is 2.42. The van der Waals surface area contributed by atoms with Gasteiger partial charge >= 0.3 is 0 Å². The second kappa shape index (κ2) is 7.50. The Bertz CT molecular complexity index is 517. The van der Waals surface area contributed by atoms with E-state index in [1.165, 1.54) is 10.5 Å². The number of aromatic nitrogens is 3. The van der Waals surface area contributed by atoms with Gasteiger partial charge < -0.3 is 0 Å². The molecule has 0 unspecified atom stereocenters. The largest absolute Gasteiger partial charge is 0.261 e. The molecule has 0 spiro atoms. The molecule has 0 saturated carbocycles. The summed E-state index contributed by atoms with van der Waals surface area (Å²) < 4.78 is 0. The maximum Gasteiger partial charge on any atom is 0.187 e. The number of rotatable bonds is 6. The smallest absolute Gasteiger partial charge is 0.187 e. The average molecular weight is 291 g/mol. The van der Waals surface area contributed by atoms with Crippen LogP contribution in [0.5, 0.6) is 0 Å². The Morgan fingerprint density at radius 2 is 1.68 bits per heavy atom. The Hall–Kier alpha value is -1.07. The topological polar surface area (TPSA) is 38.7 Å². The van der Waals surface area contributed by atoms with Crippen molar-refractivity contribution in [2.75, 3.05) is 11.5 Å². The Morgan fingerprint density at radius 3 is 2.47 bits per heavy atom. The van der Waals surface area contributed by atoms with Crippen molar-refractivity contribution in [3.8, 4) is 0 Å². The lowest BCUT2D eigenvalue weighted by atomic mass is 10.2. The predicted molar refractivity (Wildman–Crippen MR) is 81.8 cm³/mol. The summed E-state index contributed by atoms with van der Waals surface area (Å²) in [6.07, 6.45) is 6.60. The van der Waals surface area contributed by atoms with Gasteiger partial charge in [0.25, 0.3) is 0 Å². The summed E-state index contributed by atoms with van der Waals surface area (Å²) in [4.78, 5) is 14.0. The second-order valence-electron chi connectivity index (χ2n) is 4.10. The number of hydrogen-bond acceptors (Lipinski definition) is 5. The van der Waals surface area contributed by atoms with Gasteiger partial charge in [0.2, 0.25) is 0 Å². The van der Waals surface area contributed by atoms with Gasteiger partial charge in [0, 0.05) is 34.9 Å². The standard InChI is InChI=1S/C14H17N3S2/c1-11-12(2)15-8-5-13(11)18-9-4-10-19-14-16-6-3-7-17-14/h3,5-8H,4,9-10H2,1-2H3. The van der Waals surface area contributed by atoms with E-state index >= 15 is 0 Å².